The zero-order valence-electron chi connectivity index (χ0n) is 10.4. The molecule has 0 saturated heterocycles. The second-order valence-electron chi connectivity index (χ2n) is 4.05. The van der Waals surface area contributed by atoms with Crippen molar-refractivity contribution < 1.29 is 14.7 Å². The largest absolute Gasteiger partial charge is 0.480 e. The van der Waals surface area contributed by atoms with E-state index in [0.717, 1.165) is 4.90 Å². The van der Waals surface area contributed by atoms with Gasteiger partial charge in [-0.3, -0.25) is 19.3 Å². The molecule has 0 unspecified atom stereocenters. The van der Waals surface area contributed by atoms with Crippen LogP contribution in [0.25, 0.3) is 0 Å². The number of aromatic amines is 1. The molecule has 102 valence electrons. The summed E-state index contributed by atoms with van der Waals surface area (Å²) in [5.41, 5.74) is 0.0754. The van der Waals surface area contributed by atoms with E-state index in [0.29, 0.717) is 5.69 Å². The SMILES string of the molecule is O=C(O)CN(C(=O)c1cccc(=O)[nH]1)c1ccccc1. The Balaban J connectivity index is 2.39. The van der Waals surface area contributed by atoms with Gasteiger partial charge >= 0.3 is 5.97 Å². The van der Waals surface area contributed by atoms with E-state index in [9.17, 15) is 14.4 Å². The van der Waals surface area contributed by atoms with E-state index >= 15 is 0 Å². The van der Waals surface area contributed by atoms with Crippen molar-refractivity contribution in [2.75, 3.05) is 11.4 Å². The Morgan fingerprint density at radius 3 is 2.35 bits per heavy atom. The number of carbonyl (C=O) groups excluding carboxylic acids is 1. The summed E-state index contributed by atoms with van der Waals surface area (Å²) in [6, 6.07) is 12.6. The third kappa shape index (κ3) is 3.11. The second-order valence-corrected chi connectivity index (χ2v) is 4.05. The summed E-state index contributed by atoms with van der Waals surface area (Å²) >= 11 is 0. The summed E-state index contributed by atoms with van der Waals surface area (Å²) in [5, 5.41) is 8.93. The molecule has 20 heavy (non-hydrogen) atoms. The highest BCUT2D eigenvalue weighted by molar-refractivity contribution is 6.06. The summed E-state index contributed by atoms with van der Waals surface area (Å²) < 4.78 is 0. The average Bonchev–Trinajstić information content (AvgIpc) is 2.45. The summed E-state index contributed by atoms with van der Waals surface area (Å²) in [4.78, 5) is 38.0. The van der Waals surface area contributed by atoms with Gasteiger partial charge in [-0.1, -0.05) is 24.3 Å². The van der Waals surface area contributed by atoms with Crippen LogP contribution in [0.2, 0.25) is 0 Å². The van der Waals surface area contributed by atoms with Crippen LogP contribution >= 0.6 is 0 Å². The molecule has 0 aliphatic carbocycles. The lowest BCUT2D eigenvalue weighted by Gasteiger charge is -2.20. The highest BCUT2D eigenvalue weighted by Gasteiger charge is 2.20. The molecule has 2 aromatic rings. The standard InChI is InChI=1S/C14H12N2O4/c17-12-8-4-7-11(15-12)14(20)16(9-13(18)19)10-5-2-1-3-6-10/h1-8H,9H2,(H,15,17)(H,18,19). The summed E-state index contributed by atoms with van der Waals surface area (Å²) in [6.45, 7) is -0.486. The van der Waals surface area contributed by atoms with Gasteiger partial charge in [0.05, 0.1) is 0 Å². The Bertz CT molecular complexity index is 679. The predicted octanol–water partition coefficient (Wildman–Crippen LogP) is 1.11. The number of aromatic nitrogens is 1. The summed E-state index contributed by atoms with van der Waals surface area (Å²) in [7, 11) is 0. The average molecular weight is 272 g/mol. The van der Waals surface area contributed by atoms with Crippen LogP contribution in [-0.4, -0.2) is 28.5 Å². The zero-order valence-corrected chi connectivity index (χ0v) is 10.4. The maximum atomic E-state index is 12.3. The number of amides is 1. The number of hydrogen-bond acceptors (Lipinski definition) is 3. The highest BCUT2D eigenvalue weighted by atomic mass is 16.4. The van der Waals surface area contributed by atoms with Gasteiger partial charge in [0.15, 0.2) is 0 Å². The third-order valence-electron chi connectivity index (χ3n) is 2.61. The number of carboxylic acids is 1. The van der Waals surface area contributed by atoms with Crippen molar-refractivity contribution >= 4 is 17.6 Å². The molecular weight excluding hydrogens is 260 g/mol. The first-order chi connectivity index (χ1) is 9.58. The van der Waals surface area contributed by atoms with Gasteiger partial charge in [0.25, 0.3) is 5.91 Å². The molecule has 0 spiro atoms. The molecule has 2 N–H and O–H groups in total. The number of anilines is 1. The minimum Gasteiger partial charge on any atom is -0.480 e. The van der Waals surface area contributed by atoms with E-state index in [-0.39, 0.29) is 5.69 Å². The molecule has 1 aromatic carbocycles. The Morgan fingerprint density at radius 1 is 1.05 bits per heavy atom. The molecule has 0 bridgehead atoms. The van der Waals surface area contributed by atoms with Gasteiger partial charge in [-0.05, 0) is 18.2 Å². The fraction of sp³-hybridized carbons (Fsp3) is 0.0714. The number of pyridine rings is 1. The number of hydrogen-bond donors (Lipinski definition) is 2. The maximum absolute atomic E-state index is 12.3. The minimum absolute atomic E-state index is 0.0441. The minimum atomic E-state index is -1.14. The number of H-pyrrole nitrogens is 1. The van der Waals surface area contributed by atoms with Crippen LogP contribution in [0.3, 0.4) is 0 Å². The lowest BCUT2D eigenvalue weighted by molar-refractivity contribution is -0.135. The van der Waals surface area contributed by atoms with Crippen LogP contribution in [0, 0.1) is 0 Å². The maximum Gasteiger partial charge on any atom is 0.323 e. The number of carboxylic acid groups (broad SMARTS) is 1. The van der Waals surface area contributed by atoms with Crippen molar-refractivity contribution in [3.8, 4) is 0 Å². The first-order valence-corrected chi connectivity index (χ1v) is 5.86. The fourth-order valence-corrected chi connectivity index (χ4v) is 1.74. The summed E-state index contributed by atoms with van der Waals surface area (Å²) in [6.07, 6.45) is 0. The van der Waals surface area contributed by atoms with Crippen molar-refractivity contribution in [3.63, 3.8) is 0 Å². The van der Waals surface area contributed by atoms with Crippen molar-refractivity contribution in [2.24, 2.45) is 0 Å². The molecule has 1 heterocycles. The Labute approximate surface area is 114 Å². The first-order valence-electron chi connectivity index (χ1n) is 5.86. The van der Waals surface area contributed by atoms with Crippen molar-refractivity contribution in [1.29, 1.82) is 0 Å². The van der Waals surface area contributed by atoms with Gasteiger partial charge in [0, 0.05) is 11.8 Å². The Morgan fingerprint density at radius 2 is 1.75 bits per heavy atom. The quantitative estimate of drug-likeness (QED) is 0.872. The van der Waals surface area contributed by atoms with Gasteiger partial charge in [0.2, 0.25) is 5.56 Å². The molecular formula is C14H12N2O4. The van der Waals surface area contributed by atoms with E-state index in [1.165, 1.54) is 18.2 Å². The number of para-hydroxylation sites is 1. The Hall–Kier alpha value is -2.89. The van der Waals surface area contributed by atoms with Gasteiger partial charge in [-0.25, -0.2) is 0 Å². The van der Waals surface area contributed by atoms with Crippen molar-refractivity contribution in [1.82, 2.24) is 4.98 Å². The lowest BCUT2D eigenvalue weighted by atomic mass is 10.2. The monoisotopic (exact) mass is 272 g/mol. The molecule has 2 rings (SSSR count). The van der Waals surface area contributed by atoms with E-state index in [1.54, 1.807) is 30.3 Å². The fourth-order valence-electron chi connectivity index (χ4n) is 1.74. The molecule has 0 saturated carbocycles. The Kier molecular flexibility index (Phi) is 3.95. The van der Waals surface area contributed by atoms with Crippen LogP contribution in [0.1, 0.15) is 10.5 Å². The molecule has 0 atom stereocenters. The van der Waals surface area contributed by atoms with Crippen LogP contribution in [0.4, 0.5) is 5.69 Å². The normalized spacial score (nSPS) is 10.0. The zero-order chi connectivity index (χ0) is 14.5. The number of benzene rings is 1. The molecule has 1 aromatic heterocycles. The third-order valence-corrected chi connectivity index (χ3v) is 2.61. The predicted molar refractivity (Wildman–Crippen MR) is 72.8 cm³/mol. The van der Waals surface area contributed by atoms with E-state index in [4.69, 9.17) is 5.11 Å². The van der Waals surface area contributed by atoms with Crippen LogP contribution < -0.4 is 10.5 Å². The number of rotatable bonds is 4. The van der Waals surface area contributed by atoms with Crippen molar-refractivity contribution in [3.05, 3.63) is 64.6 Å². The van der Waals surface area contributed by atoms with Gasteiger partial charge in [0.1, 0.15) is 12.2 Å². The topological polar surface area (TPSA) is 90.5 Å². The molecule has 0 radical (unpaired) electrons. The number of nitrogens with zero attached hydrogens (tertiary/aromatic N) is 1. The molecule has 0 aliphatic heterocycles. The van der Waals surface area contributed by atoms with Gasteiger partial charge in [-0.2, -0.15) is 0 Å². The van der Waals surface area contributed by atoms with Crippen LogP contribution in [-0.2, 0) is 4.79 Å². The van der Waals surface area contributed by atoms with E-state index < -0.39 is 24.0 Å². The van der Waals surface area contributed by atoms with Crippen LogP contribution in [0.15, 0.2) is 53.3 Å². The lowest BCUT2D eigenvalue weighted by Crippen LogP contribution is -2.36. The van der Waals surface area contributed by atoms with Crippen molar-refractivity contribution in [2.45, 2.75) is 0 Å². The van der Waals surface area contributed by atoms with E-state index in [2.05, 4.69) is 4.98 Å². The first kappa shape index (κ1) is 13.5. The smallest absolute Gasteiger partial charge is 0.323 e. The van der Waals surface area contributed by atoms with Gasteiger partial charge < -0.3 is 10.1 Å². The molecule has 1 amide bonds. The van der Waals surface area contributed by atoms with Crippen LogP contribution in [0.5, 0.6) is 0 Å². The number of aliphatic carboxylic acids is 1. The molecule has 0 fully saturated rings. The number of nitrogens with one attached hydrogen (secondary N) is 1. The summed E-state index contributed by atoms with van der Waals surface area (Å²) in [5.74, 6) is -1.71. The molecule has 6 nitrogen and oxygen atoms in total. The highest BCUT2D eigenvalue weighted by Crippen LogP contribution is 2.15. The van der Waals surface area contributed by atoms with E-state index in [1.807, 2.05) is 0 Å². The second kappa shape index (κ2) is 5.83. The molecule has 0 aliphatic rings. The van der Waals surface area contributed by atoms with Gasteiger partial charge in [-0.15, -0.1) is 0 Å². The number of carbonyl (C=O) groups is 2. The molecule has 6 heteroatoms.